The molecule has 0 aliphatic carbocycles. The molecule has 3 aromatic carbocycles. The van der Waals surface area contributed by atoms with Crippen LogP contribution in [0.25, 0.3) is 0 Å². The highest BCUT2D eigenvalue weighted by molar-refractivity contribution is 7.92. The Kier molecular flexibility index (Phi) is 9.54. The van der Waals surface area contributed by atoms with E-state index >= 15 is 0 Å². The lowest BCUT2D eigenvalue weighted by atomic mass is 10.1. The zero-order valence-corrected chi connectivity index (χ0v) is 22.5. The second kappa shape index (κ2) is 12.6. The van der Waals surface area contributed by atoms with Gasteiger partial charge in [0.1, 0.15) is 18.3 Å². The van der Waals surface area contributed by atoms with Crippen molar-refractivity contribution in [2.75, 3.05) is 25.0 Å². The number of halogens is 1. The molecule has 2 amide bonds. The Morgan fingerprint density at radius 3 is 2.27 bits per heavy atom. The normalized spacial score (nSPS) is 11.9. The van der Waals surface area contributed by atoms with Crippen molar-refractivity contribution in [1.29, 1.82) is 0 Å². The molecule has 0 unspecified atom stereocenters. The van der Waals surface area contributed by atoms with Crippen LogP contribution in [0.5, 0.6) is 5.75 Å². The van der Waals surface area contributed by atoms with E-state index in [0.29, 0.717) is 22.9 Å². The maximum atomic E-state index is 13.8. The molecule has 0 spiro atoms. The average Bonchev–Trinajstić information content (AvgIpc) is 2.92. The number of rotatable bonds is 11. The van der Waals surface area contributed by atoms with Crippen molar-refractivity contribution in [3.63, 3.8) is 0 Å². The van der Waals surface area contributed by atoms with Crippen molar-refractivity contribution in [3.05, 3.63) is 89.4 Å². The van der Waals surface area contributed by atoms with Crippen LogP contribution in [0, 0.1) is 0 Å². The number of ether oxygens (including phenoxy) is 1. The van der Waals surface area contributed by atoms with Gasteiger partial charge in [0.15, 0.2) is 0 Å². The highest BCUT2D eigenvalue weighted by Crippen LogP contribution is 2.26. The minimum absolute atomic E-state index is 0.00811. The molecule has 196 valence electrons. The van der Waals surface area contributed by atoms with Gasteiger partial charge < -0.3 is 15.0 Å². The summed E-state index contributed by atoms with van der Waals surface area (Å²) >= 11 is 5.96. The molecule has 37 heavy (non-hydrogen) atoms. The lowest BCUT2D eigenvalue weighted by Gasteiger charge is -2.33. The van der Waals surface area contributed by atoms with Crippen molar-refractivity contribution in [2.45, 2.75) is 30.8 Å². The van der Waals surface area contributed by atoms with Crippen molar-refractivity contribution in [1.82, 2.24) is 10.2 Å². The fourth-order valence-electron chi connectivity index (χ4n) is 3.91. The van der Waals surface area contributed by atoms with Gasteiger partial charge in [-0.15, -0.1) is 0 Å². The summed E-state index contributed by atoms with van der Waals surface area (Å²) in [5.74, 6) is -0.264. The second-order valence-electron chi connectivity index (χ2n) is 8.21. The standard InChI is InChI=1S/C27H30ClN3O5S/c1-4-25(27(33)29-2)30(18-20-9-8-12-23(17-20)36-3)26(32)19-31(22-10-6-5-7-11-22)37(34,35)24-15-13-21(28)14-16-24/h5-17,25H,4,18-19H2,1-3H3,(H,29,33)/t25-/m0/s1. The van der Waals surface area contributed by atoms with Crippen molar-refractivity contribution in [3.8, 4) is 5.75 Å². The molecule has 0 aromatic heterocycles. The summed E-state index contributed by atoms with van der Waals surface area (Å²) < 4.78 is 33.7. The number of benzene rings is 3. The van der Waals surface area contributed by atoms with Gasteiger partial charge >= 0.3 is 0 Å². The minimum Gasteiger partial charge on any atom is -0.497 e. The van der Waals surface area contributed by atoms with Crippen LogP contribution in [0.15, 0.2) is 83.8 Å². The zero-order chi connectivity index (χ0) is 27.0. The molecular weight excluding hydrogens is 514 g/mol. The first-order valence-electron chi connectivity index (χ1n) is 11.7. The summed E-state index contributed by atoms with van der Waals surface area (Å²) in [4.78, 5) is 28.0. The molecule has 0 bridgehead atoms. The number of likely N-dealkylation sites (N-methyl/N-ethyl adjacent to an activating group) is 1. The summed E-state index contributed by atoms with van der Waals surface area (Å²) in [6, 6.07) is 20.5. The summed E-state index contributed by atoms with van der Waals surface area (Å²) in [6.45, 7) is 1.38. The van der Waals surface area contributed by atoms with Crippen LogP contribution in [0.3, 0.4) is 0 Å². The molecule has 0 fully saturated rings. The van der Waals surface area contributed by atoms with Gasteiger partial charge in [-0.25, -0.2) is 8.42 Å². The lowest BCUT2D eigenvalue weighted by Crippen LogP contribution is -2.51. The lowest BCUT2D eigenvalue weighted by molar-refractivity contribution is -0.140. The molecule has 10 heteroatoms. The van der Waals surface area contributed by atoms with Gasteiger partial charge in [0, 0.05) is 18.6 Å². The van der Waals surface area contributed by atoms with E-state index < -0.39 is 28.5 Å². The van der Waals surface area contributed by atoms with Crippen LogP contribution in [-0.2, 0) is 26.2 Å². The Morgan fingerprint density at radius 2 is 1.68 bits per heavy atom. The third-order valence-corrected chi connectivity index (χ3v) is 7.88. The molecule has 3 rings (SSSR count). The van der Waals surface area contributed by atoms with Gasteiger partial charge in [0.2, 0.25) is 11.8 Å². The fraction of sp³-hybridized carbons (Fsp3) is 0.259. The van der Waals surface area contributed by atoms with Gasteiger partial charge in [-0.1, -0.05) is 48.9 Å². The molecule has 8 nitrogen and oxygen atoms in total. The highest BCUT2D eigenvalue weighted by Gasteiger charge is 2.33. The Labute approximate surface area is 222 Å². The van der Waals surface area contributed by atoms with E-state index in [2.05, 4.69) is 5.32 Å². The summed E-state index contributed by atoms with van der Waals surface area (Å²) in [6.07, 6.45) is 0.338. The number of para-hydroxylation sites is 1. The number of anilines is 1. The quantitative estimate of drug-likeness (QED) is 0.393. The predicted molar refractivity (Wildman–Crippen MR) is 144 cm³/mol. The summed E-state index contributed by atoms with van der Waals surface area (Å²) in [5, 5.41) is 3.00. The molecule has 1 N–H and O–H groups in total. The number of carbonyl (C=O) groups is 2. The number of hydrogen-bond donors (Lipinski definition) is 1. The molecule has 0 aliphatic rings. The molecule has 0 saturated heterocycles. The molecular formula is C27H30ClN3O5S. The van der Waals surface area contributed by atoms with Crippen LogP contribution >= 0.6 is 11.6 Å². The monoisotopic (exact) mass is 543 g/mol. The largest absolute Gasteiger partial charge is 0.497 e. The van der Waals surface area contributed by atoms with Gasteiger partial charge in [0.05, 0.1) is 17.7 Å². The molecule has 1 atom stereocenters. The van der Waals surface area contributed by atoms with Gasteiger partial charge in [-0.2, -0.15) is 0 Å². The second-order valence-corrected chi connectivity index (χ2v) is 10.5. The van der Waals surface area contributed by atoms with Crippen molar-refractivity contribution in [2.24, 2.45) is 0 Å². The summed E-state index contributed by atoms with van der Waals surface area (Å²) in [7, 11) is -1.09. The maximum absolute atomic E-state index is 13.8. The molecule has 0 saturated carbocycles. The van der Waals surface area contributed by atoms with E-state index in [9.17, 15) is 18.0 Å². The van der Waals surface area contributed by atoms with Crippen LogP contribution < -0.4 is 14.4 Å². The van der Waals surface area contributed by atoms with Crippen molar-refractivity contribution < 1.29 is 22.7 Å². The molecule has 0 aliphatic heterocycles. The fourth-order valence-corrected chi connectivity index (χ4v) is 5.45. The van der Waals surface area contributed by atoms with E-state index in [1.165, 1.54) is 36.2 Å². The Morgan fingerprint density at radius 1 is 1.00 bits per heavy atom. The predicted octanol–water partition coefficient (Wildman–Crippen LogP) is 4.10. The number of carbonyl (C=O) groups excluding carboxylic acids is 2. The van der Waals surface area contributed by atoms with E-state index in [1.54, 1.807) is 62.6 Å². The molecule has 0 heterocycles. The smallest absolute Gasteiger partial charge is 0.264 e. The number of sulfonamides is 1. The first kappa shape index (κ1) is 28.0. The molecule has 0 radical (unpaired) electrons. The first-order chi connectivity index (χ1) is 17.7. The van der Waals surface area contributed by atoms with Crippen LogP contribution in [0.2, 0.25) is 5.02 Å². The van der Waals surface area contributed by atoms with Gasteiger partial charge in [-0.05, 0) is 60.5 Å². The summed E-state index contributed by atoms with van der Waals surface area (Å²) in [5.41, 5.74) is 1.06. The number of amides is 2. The topological polar surface area (TPSA) is 96.0 Å². The zero-order valence-electron chi connectivity index (χ0n) is 20.9. The van der Waals surface area contributed by atoms with Crippen LogP contribution in [0.1, 0.15) is 18.9 Å². The van der Waals surface area contributed by atoms with Gasteiger partial charge in [0.25, 0.3) is 10.0 Å². The van der Waals surface area contributed by atoms with Crippen LogP contribution in [-0.4, -0.2) is 51.9 Å². The van der Waals surface area contributed by atoms with E-state index in [0.717, 1.165) is 9.87 Å². The molecule has 3 aromatic rings. The van der Waals surface area contributed by atoms with Crippen LogP contribution in [0.4, 0.5) is 5.69 Å². The minimum atomic E-state index is -4.13. The Balaban J connectivity index is 2.03. The third kappa shape index (κ3) is 6.81. The highest BCUT2D eigenvalue weighted by atomic mass is 35.5. The number of nitrogens with zero attached hydrogens (tertiary/aromatic N) is 2. The first-order valence-corrected chi connectivity index (χ1v) is 13.5. The maximum Gasteiger partial charge on any atom is 0.264 e. The Bertz CT molecular complexity index is 1320. The average molecular weight is 544 g/mol. The number of methoxy groups -OCH3 is 1. The van der Waals surface area contributed by atoms with Crippen molar-refractivity contribution >= 4 is 39.1 Å². The van der Waals surface area contributed by atoms with E-state index in [-0.39, 0.29) is 17.3 Å². The number of nitrogens with one attached hydrogen (secondary N) is 1. The number of hydrogen-bond acceptors (Lipinski definition) is 5. The Hall–Kier alpha value is -3.56. The van der Waals surface area contributed by atoms with Gasteiger partial charge in [-0.3, -0.25) is 13.9 Å². The van der Waals surface area contributed by atoms with E-state index in [1.807, 2.05) is 6.07 Å². The third-order valence-electron chi connectivity index (χ3n) is 5.84. The van der Waals surface area contributed by atoms with E-state index in [4.69, 9.17) is 16.3 Å². The SMILES string of the molecule is CC[C@@H](C(=O)NC)N(Cc1cccc(OC)c1)C(=O)CN(c1ccccc1)S(=O)(=O)c1ccc(Cl)cc1.